The number of carbonyl (C=O) groups is 1. The molecule has 1 aromatic carbocycles. The van der Waals surface area contributed by atoms with Gasteiger partial charge in [-0.1, -0.05) is 15.9 Å². The number of aromatic nitrogens is 1. The summed E-state index contributed by atoms with van der Waals surface area (Å²) in [5.74, 6) is -0.571. The lowest BCUT2D eigenvalue weighted by Gasteiger charge is -2.07. The zero-order valence-electron chi connectivity index (χ0n) is 9.66. The Kier molecular flexibility index (Phi) is 4.66. The van der Waals surface area contributed by atoms with E-state index in [-0.39, 0.29) is 18.3 Å². The molecule has 1 heterocycles. The molecule has 6 heteroatoms. The van der Waals surface area contributed by atoms with E-state index in [1.54, 1.807) is 18.2 Å². The fourth-order valence-electron chi connectivity index (χ4n) is 1.50. The quantitative estimate of drug-likeness (QED) is 0.816. The van der Waals surface area contributed by atoms with Gasteiger partial charge in [0.2, 0.25) is 0 Å². The zero-order valence-corrected chi connectivity index (χ0v) is 12.8. The van der Waals surface area contributed by atoms with E-state index >= 15 is 0 Å². The highest BCUT2D eigenvalue weighted by molar-refractivity contribution is 9.10. The van der Waals surface area contributed by atoms with Crippen LogP contribution in [0.3, 0.4) is 0 Å². The number of nitrogens with zero attached hydrogens (tertiary/aromatic N) is 1. The number of nitrogens with one attached hydrogen (secondary N) is 1. The minimum atomic E-state index is -0.334. The van der Waals surface area contributed by atoms with E-state index in [1.165, 1.54) is 18.3 Å². The third-order valence-electron chi connectivity index (χ3n) is 2.44. The van der Waals surface area contributed by atoms with E-state index < -0.39 is 0 Å². The molecule has 3 nitrogen and oxygen atoms in total. The molecule has 0 saturated heterocycles. The molecular formula is C13H9Br2FN2O. The van der Waals surface area contributed by atoms with Crippen molar-refractivity contribution in [3.05, 3.63) is 62.5 Å². The monoisotopic (exact) mass is 386 g/mol. The van der Waals surface area contributed by atoms with E-state index in [0.29, 0.717) is 15.7 Å². The van der Waals surface area contributed by atoms with Crippen LogP contribution in [0.4, 0.5) is 4.39 Å². The zero-order chi connectivity index (χ0) is 13.8. The fraction of sp³-hybridized carbons (Fsp3) is 0.0769. The van der Waals surface area contributed by atoms with Crippen LogP contribution in [0.25, 0.3) is 0 Å². The van der Waals surface area contributed by atoms with Crippen LogP contribution < -0.4 is 5.32 Å². The number of rotatable bonds is 3. The molecule has 98 valence electrons. The molecule has 0 bridgehead atoms. The van der Waals surface area contributed by atoms with Crippen LogP contribution in [0.15, 0.2) is 45.6 Å². The Morgan fingerprint density at radius 2 is 2.05 bits per heavy atom. The summed E-state index contributed by atoms with van der Waals surface area (Å²) in [7, 11) is 0. The predicted octanol–water partition coefficient (Wildman–Crippen LogP) is 3.68. The molecule has 19 heavy (non-hydrogen) atoms. The second kappa shape index (κ2) is 6.25. The topological polar surface area (TPSA) is 42.0 Å². The Balaban J connectivity index is 2.06. The van der Waals surface area contributed by atoms with Crippen molar-refractivity contribution in [3.8, 4) is 0 Å². The second-order valence-corrected chi connectivity index (χ2v) is 5.45. The Morgan fingerprint density at radius 3 is 2.79 bits per heavy atom. The summed E-state index contributed by atoms with van der Waals surface area (Å²) in [6, 6.07) is 7.58. The lowest BCUT2D eigenvalue weighted by molar-refractivity contribution is 0.0950. The lowest BCUT2D eigenvalue weighted by Crippen LogP contribution is -2.23. The number of carbonyl (C=O) groups excluding carboxylic acids is 1. The summed E-state index contributed by atoms with van der Waals surface area (Å²) in [5.41, 5.74) is 1.18. The average molecular weight is 388 g/mol. The third-order valence-corrected chi connectivity index (χ3v) is 3.64. The van der Waals surface area contributed by atoms with Crippen LogP contribution in [0.5, 0.6) is 0 Å². The molecule has 0 saturated carbocycles. The van der Waals surface area contributed by atoms with Gasteiger partial charge in [0.05, 0.1) is 0 Å². The van der Waals surface area contributed by atoms with Gasteiger partial charge in [-0.2, -0.15) is 0 Å². The van der Waals surface area contributed by atoms with Crippen molar-refractivity contribution in [1.82, 2.24) is 10.3 Å². The van der Waals surface area contributed by atoms with Crippen molar-refractivity contribution < 1.29 is 9.18 Å². The molecule has 0 aliphatic rings. The maximum absolute atomic E-state index is 13.1. The number of hydrogen-bond acceptors (Lipinski definition) is 2. The number of amides is 1. The Bertz CT molecular complexity index is 619. The molecule has 0 atom stereocenters. The summed E-state index contributed by atoms with van der Waals surface area (Å²) in [6.07, 6.45) is 1.54. The highest BCUT2D eigenvalue weighted by Crippen LogP contribution is 2.17. The van der Waals surface area contributed by atoms with Gasteiger partial charge in [-0.15, -0.1) is 0 Å². The van der Waals surface area contributed by atoms with Gasteiger partial charge in [0.15, 0.2) is 0 Å². The predicted molar refractivity (Wildman–Crippen MR) is 77.2 cm³/mol. The minimum absolute atomic E-state index is 0.237. The average Bonchev–Trinajstić information content (AvgIpc) is 2.39. The minimum Gasteiger partial charge on any atom is -0.348 e. The number of benzene rings is 1. The fourth-order valence-corrected chi connectivity index (χ4v) is 2.25. The summed E-state index contributed by atoms with van der Waals surface area (Å²) < 4.78 is 14.4. The highest BCUT2D eigenvalue weighted by atomic mass is 79.9. The van der Waals surface area contributed by atoms with E-state index in [4.69, 9.17) is 0 Å². The molecule has 2 aromatic rings. The van der Waals surface area contributed by atoms with Crippen LogP contribution in [-0.4, -0.2) is 10.9 Å². The first kappa shape index (κ1) is 14.1. The van der Waals surface area contributed by atoms with Gasteiger partial charge < -0.3 is 5.32 Å². The highest BCUT2D eigenvalue weighted by Gasteiger charge is 2.08. The SMILES string of the molecule is O=C(NCc1cc(F)ccc1Br)c1ccnc(Br)c1. The third kappa shape index (κ3) is 3.84. The van der Waals surface area contributed by atoms with Crippen LogP contribution >= 0.6 is 31.9 Å². The van der Waals surface area contributed by atoms with Gasteiger partial charge in [-0.05, 0) is 51.8 Å². The van der Waals surface area contributed by atoms with Crippen LogP contribution in [-0.2, 0) is 6.54 Å². The van der Waals surface area contributed by atoms with E-state index in [0.717, 1.165) is 4.47 Å². The summed E-state index contributed by atoms with van der Waals surface area (Å²) in [4.78, 5) is 15.8. The molecule has 1 N–H and O–H groups in total. The molecule has 2 rings (SSSR count). The summed E-state index contributed by atoms with van der Waals surface area (Å²) >= 11 is 6.51. The number of pyridine rings is 1. The molecule has 0 unspecified atom stereocenters. The van der Waals surface area contributed by atoms with E-state index in [9.17, 15) is 9.18 Å². The first-order valence-corrected chi connectivity index (χ1v) is 6.98. The van der Waals surface area contributed by atoms with Crippen molar-refractivity contribution in [2.75, 3.05) is 0 Å². The standard InChI is InChI=1S/C13H9Br2FN2O/c14-11-2-1-10(16)5-9(11)7-18-13(19)8-3-4-17-12(15)6-8/h1-6H,7H2,(H,18,19). The first-order chi connectivity index (χ1) is 9.06. The summed E-state index contributed by atoms with van der Waals surface area (Å²) in [5, 5.41) is 2.73. The van der Waals surface area contributed by atoms with Crippen molar-refractivity contribution in [1.29, 1.82) is 0 Å². The molecule has 0 radical (unpaired) electrons. The van der Waals surface area contributed by atoms with E-state index in [1.807, 2.05) is 0 Å². The second-order valence-electron chi connectivity index (χ2n) is 3.79. The first-order valence-electron chi connectivity index (χ1n) is 5.40. The Morgan fingerprint density at radius 1 is 1.26 bits per heavy atom. The van der Waals surface area contributed by atoms with Crippen molar-refractivity contribution >= 4 is 37.8 Å². The van der Waals surface area contributed by atoms with Crippen molar-refractivity contribution in [3.63, 3.8) is 0 Å². The van der Waals surface area contributed by atoms with Gasteiger partial charge in [0.1, 0.15) is 10.4 Å². The molecule has 0 aliphatic carbocycles. The van der Waals surface area contributed by atoms with E-state index in [2.05, 4.69) is 42.2 Å². The van der Waals surface area contributed by atoms with Crippen molar-refractivity contribution in [2.24, 2.45) is 0 Å². The number of hydrogen-bond donors (Lipinski definition) is 1. The van der Waals surface area contributed by atoms with Crippen molar-refractivity contribution in [2.45, 2.75) is 6.54 Å². The smallest absolute Gasteiger partial charge is 0.251 e. The molecule has 0 fully saturated rings. The Labute approximate surface area is 126 Å². The van der Waals surface area contributed by atoms with Gasteiger partial charge in [-0.25, -0.2) is 9.37 Å². The number of halogens is 3. The normalized spacial score (nSPS) is 10.3. The molecule has 1 amide bonds. The van der Waals surface area contributed by atoms with Crippen LogP contribution in [0.2, 0.25) is 0 Å². The molecule has 1 aromatic heterocycles. The molecular weight excluding hydrogens is 379 g/mol. The van der Waals surface area contributed by atoms with Gasteiger partial charge in [0.25, 0.3) is 5.91 Å². The maximum Gasteiger partial charge on any atom is 0.251 e. The van der Waals surface area contributed by atoms with Gasteiger partial charge in [-0.3, -0.25) is 4.79 Å². The summed E-state index contributed by atoms with van der Waals surface area (Å²) in [6.45, 7) is 0.247. The van der Waals surface area contributed by atoms with Gasteiger partial charge >= 0.3 is 0 Å². The Hall–Kier alpha value is -1.27. The maximum atomic E-state index is 13.1. The van der Waals surface area contributed by atoms with Crippen LogP contribution in [0, 0.1) is 5.82 Å². The molecule has 0 spiro atoms. The largest absolute Gasteiger partial charge is 0.348 e. The van der Waals surface area contributed by atoms with Crippen LogP contribution in [0.1, 0.15) is 15.9 Å². The lowest BCUT2D eigenvalue weighted by atomic mass is 10.2. The van der Waals surface area contributed by atoms with Gasteiger partial charge in [0, 0.05) is 22.8 Å². The molecule has 0 aliphatic heterocycles.